The first-order valence-electron chi connectivity index (χ1n) is 12.6. The lowest BCUT2D eigenvalue weighted by Gasteiger charge is -2.36. The summed E-state index contributed by atoms with van der Waals surface area (Å²) in [5.74, 6) is -0.204. The Balaban J connectivity index is 1.17. The summed E-state index contributed by atoms with van der Waals surface area (Å²) in [7, 11) is 0. The molecule has 3 atom stereocenters. The number of amides is 1. The molecular weight excluding hydrogens is 479 g/mol. The fourth-order valence-corrected chi connectivity index (χ4v) is 6.88. The van der Waals surface area contributed by atoms with E-state index in [2.05, 4.69) is 10.3 Å². The van der Waals surface area contributed by atoms with E-state index in [-0.39, 0.29) is 23.8 Å². The van der Waals surface area contributed by atoms with E-state index in [9.17, 15) is 4.79 Å². The van der Waals surface area contributed by atoms with Crippen LogP contribution in [0.4, 0.5) is 15.9 Å². The first-order valence-corrected chi connectivity index (χ1v) is 13.4. The first-order chi connectivity index (χ1) is 17.3. The molecule has 1 aliphatic carbocycles. The van der Waals surface area contributed by atoms with Crippen LogP contribution in [-0.2, 0) is 17.6 Å². The molecule has 2 fully saturated rings. The van der Waals surface area contributed by atoms with E-state index in [0.29, 0.717) is 48.9 Å². The SMILES string of the molecule is Cc1ccc2c(N)c(C(=O)NC3CCc4nc(N5CC(N)C6(CCCCO6)C5)c(F)cc4C3)sc2n1. The molecule has 0 bridgehead atoms. The van der Waals surface area contributed by atoms with E-state index in [1.54, 1.807) is 6.07 Å². The number of nitrogens with two attached hydrogens (primary N) is 2. The number of fused-ring (bicyclic) bond motifs is 2. The summed E-state index contributed by atoms with van der Waals surface area (Å²) in [6.45, 7) is 3.72. The number of nitrogens with zero attached hydrogens (tertiary/aromatic N) is 3. The Kier molecular flexibility index (Phi) is 5.85. The van der Waals surface area contributed by atoms with Crippen LogP contribution in [0.2, 0.25) is 0 Å². The van der Waals surface area contributed by atoms with Gasteiger partial charge in [0.2, 0.25) is 0 Å². The molecule has 0 radical (unpaired) electrons. The molecule has 1 amide bonds. The van der Waals surface area contributed by atoms with Gasteiger partial charge in [-0.15, -0.1) is 11.3 Å². The van der Waals surface area contributed by atoms with Gasteiger partial charge < -0.3 is 26.4 Å². The topological polar surface area (TPSA) is 119 Å². The maximum absolute atomic E-state index is 15.3. The zero-order valence-corrected chi connectivity index (χ0v) is 21.2. The Labute approximate surface area is 213 Å². The van der Waals surface area contributed by atoms with Crippen molar-refractivity contribution in [2.24, 2.45) is 5.73 Å². The summed E-state index contributed by atoms with van der Waals surface area (Å²) in [5.41, 5.74) is 15.4. The van der Waals surface area contributed by atoms with Gasteiger partial charge in [-0.1, -0.05) is 0 Å². The molecule has 0 aromatic carbocycles. The molecule has 3 unspecified atom stereocenters. The molecule has 3 aliphatic rings. The normalized spacial score (nSPS) is 25.9. The Bertz CT molecular complexity index is 1340. The third-order valence-electron chi connectivity index (χ3n) is 7.83. The van der Waals surface area contributed by atoms with E-state index in [1.165, 1.54) is 11.3 Å². The second-order valence-corrected chi connectivity index (χ2v) is 11.3. The molecule has 2 saturated heterocycles. The number of nitrogens with one attached hydrogen (secondary N) is 1. The van der Waals surface area contributed by atoms with Crippen molar-refractivity contribution in [2.45, 2.75) is 63.1 Å². The molecule has 10 heteroatoms. The Morgan fingerprint density at radius 3 is 3.00 bits per heavy atom. The summed E-state index contributed by atoms with van der Waals surface area (Å²) < 4.78 is 21.4. The van der Waals surface area contributed by atoms with E-state index < -0.39 is 5.60 Å². The van der Waals surface area contributed by atoms with Crippen molar-refractivity contribution in [3.8, 4) is 0 Å². The van der Waals surface area contributed by atoms with Crippen molar-refractivity contribution in [3.63, 3.8) is 0 Å². The molecular formula is C26H31FN6O2S. The Morgan fingerprint density at radius 1 is 1.33 bits per heavy atom. The van der Waals surface area contributed by atoms with Crippen molar-refractivity contribution >= 4 is 39.0 Å². The van der Waals surface area contributed by atoms with Gasteiger partial charge in [-0.2, -0.15) is 0 Å². The van der Waals surface area contributed by atoms with Gasteiger partial charge in [0, 0.05) is 36.0 Å². The lowest BCUT2D eigenvalue weighted by Crippen LogP contribution is -2.51. The number of hydrogen-bond acceptors (Lipinski definition) is 8. The monoisotopic (exact) mass is 510 g/mol. The number of rotatable bonds is 3. The van der Waals surface area contributed by atoms with E-state index >= 15 is 4.39 Å². The number of anilines is 2. The van der Waals surface area contributed by atoms with E-state index in [4.69, 9.17) is 21.2 Å². The highest BCUT2D eigenvalue weighted by molar-refractivity contribution is 7.21. The standard InChI is InChI=1S/C26H31FN6O2S/c1-14-4-6-17-21(29)22(36-25(17)30-14)24(34)31-16-5-7-19-15(10-16)11-18(27)23(32-19)33-12-20(28)26(13-33)8-2-3-9-35-26/h4,6,11,16,20H,2-3,5,7-10,12-13,28-29H2,1H3,(H,31,34). The number of carbonyl (C=O) groups is 1. The highest BCUT2D eigenvalue weighted by Gasteiger charge is 2.47. The van der Waals surface area contributed by atoms with Crippen LogP contribution in [0.3, 0.4) is 0 Å². The minimum Gasteiger partial charge on any atom is -0.397 e. The summed E-state index contributed by atoms with van der Waals surface area (Å²) >= 11 is 1.30. The number of hydrogen-bond donors (Lipinski definition) is 3. The molecule has 3 aromatic heterocycles. The largest absolute Gasteiger partial charge is 0.397 e. The van der Waals surface area contributed by atoms with Crippen molar-refractivity contribution < 1.29 is 13.9 Å². The lowest BCUT2D eigenvalue weighted by molar-refractivity contribution is -0.0717. The minimum atomic E-state index is -0.402. The number of aromatic nitrogens is 2. The highest BCUT2D eigenvalue weighted by atomic mass is 32.1. The fraction of sp³-hybridized carbons (Fsp3) is 0.500. The van der Waals surface area contributed by atoms with Crippen LogP contribution >= 0.6 is 11.3 Å². The molecule has 8 nitrogen and oxygen atoms in total. The van der Waals surface area contributed by atoms with Crippen molar-refractivity contribution in [1.29, 1.82) is 0 Å². The summed E-state index contributed by atoms with van der Waals surface area (Å²) in [4.78, 5) is 25.4. The van der Waals surface area contributed by atoms with Crippen LogP contribution in [0.25, 0.3) is 10.2 Å². The van der Waals surface area contributed by atoms with Crippen LogP contribution in [0.5, 0.6) is 0 Å². The third-order valence-corrected chi connectivity index (χ3v) is 8.95. The first kappa shape index (κ1) is 23.6. The molecule has 5 heterocycles. The van der Waals surface area contributed by atoms with Gasteiger partial charge in [-0.05, 0) is 69.2 Å². The average Bonchev–Trinajstić information content (AvgIpc) is 3.35. The van der Waals surface area contributed by atoms with Gasteiger partial charge in [0.1, 0.15) is 15.3 Å². The zero-order valence-electron chi connectivity index (χ0n) is 20.3. The molecule has 5 N–H and O–H groups in total. The number of halogens is 1. The van der Waals surface area contributed by atoms with Gasteiger partial charge in [0.15, 0.2) is 11.6 Å². The minimum absolute atomic E-state index is 0.115. The smallest absolute Gasteiger partial charge is 0.263 e. The quantitative estimate of drug-likeness (QED) is 0.495. The Morgan fingerprint density at radius 2 is 2.19 bits per heavy atom. The number of thiophene rings is 1. The number of carbonyl (C=O) groups excluding carboxylic acids is 1. The molecule has 1 spiro atoms. The molecule has 3 aromatic rings. The predicted octanol–water partition coefficient (Wildman–Crippen LogP) is 3.09. The number of nitrogen functional groups attached to an aromatic ring is 1. The average molecular weight is 511 g/mol. The summed E-state index contributed by atoms with van der Waals surface area (Å²) in [6.07, 6.45) is 4.95. The van der Waals surface area contributed by atoms with Crippen molar-refractivity contribution in [1.82, 2.24) is 15.3 Å². The summed E-state index contributed by atoms with van der Waals surface area (Å²) in [5, 5.41) is 3.89. The maximum atomic E-state index is 15.3. The second-order valence-electron chi connectivity index (χ2n) is 10.3. The van der Waals surface area contributed by atoms with Crippen molar-refractivity contribution in [3.05, 3.63) is 45.8 Å². The van der Waals surface area contributed by atoms with Gasteiger partial charge in [0.25, 0.3) is 5.91 Å². The fourth-order valence-electron chi connectivity index (χ4n) is 5.84. The lowest BCUT2D eigenvalue weighted by atomic mass is 9.89. The predicted molar refractivity (Wildman–Crippen MR) is 139 cm³/mol. The number of pyridine rings is 2. The third kappa shape index (κ3) is 4.01. The van der Waals surface area contributed by atoms with Crippen LogP contribution in [0.1, 0.15) is 52.3 Å². The zero-order chi connectivity index (χ0) is 25.0. The molecule has 0 saturated carbocycles. The molecule has 6 rings (SSSR count). The van der Waals surface area contributed by atoms with E-state index in [1.807, 2.05) is 24.0 Å². The van der Waals surface area contributed by atoms with Gasteiger partial charge in [-0.3, -0.25) is 4.79 Å². The number of aryl methyl sites for hydroxylation is 2. The second kappa shape index (κ2) is 8.93. The van der Waals surface area contributed by atoms with Gasteiger partial charge in [-0.25, -0.2) is 14.4 Å². The highest BCUT2D eigenvalue weighted by Crippen LogP contribution is 2.37. The van der Waals surface area contributed by atoms with E-state index in [0.717, 1.165) is 52.9 Å². The molecule has 2 aliphatic heterocycles. The molecule has 36 heavy (non-hydrogen) atoms. The van der Waals surface area contributed by atoms with Gasteiger partial charge >= 0.3 is 0 Å². The van der Waals surface area contributed by atoms with Crippen LogP contribution < -0.4 is 21.7 Å². The summed E-state index contributed by atoms with van der Waals surface area (Å²) in [6, 6.07) is 5.09. The van der Waals surface area contributed by atoms with Crippen LogP contribution in [0, 0.1) is 12.7 Å². The van der Waals surface area contributed by atoms with Gasteiger partial charge in [0.05, 0.1) is 18.3 Å². The maximum Gasteiger partial charge on any atom is 0.263 e. The Hall–Kier alpha value is -2.82. The number of ether oxygens (including phenoxy) is 1. The van der Waals surface area contributed by atoms with Crippen LogP contribution in [0.15, 0.2) is 18.2 Å². The van der Waals surface area contributed by atoms with Crippen molar-refractivity contribution in [2.75, 3.05) is 30.3 Å². The molecule has 190 valence electrons. The van der Waals surface area contributed by atoms with Crippen LogP contribution in [-0.4, -0.2) is 53.3 Å².